The fourth-order valence-electron chi connectivity index (χ4n) is 5.66. The quantitative estimate of drug-likeness (QED) is 0.305. The largest absolute Gasteiger partial charge is 0.399 e. The normalized spacial score (nSPS) is 14.1. The van der Waals surface area contributed by atoms with E-state index >= 15 is 0 Å². The molecule has 0 unspecified atom stereocenters. The predicted octanol–water partition coefficient (Wildman–Crippen LogP) is 4.83. The van der Waals surface area contributed by atoms with Gasteiger partial charge >= 0.3 is 0 Å². The van der Waals surface area contributed by atoms with Gasteiger partial charge in [0.05, 0.1) is 11.3 Å². The number of piperidine rings is 1. The van der Waals surface area contributed by atoms with Gasteiger partial charge in [-0.1, -0.05) is 18.2 Å². The molecular formula is C32H34F3N5O2. The van der Waals surface area contributed by atoms with E-state index in [1.54, 1.807) is 23.9 Å². The van der Waals surface area contributed by atoms with E-state index in [4.69, 9.17) is 5.73 Å². The van der Waals surface area contributed by atoms with Crippen molar-refractivity contribution in [1.29, 1.82) is 0 Å². The van der Waals surface area contributed by atoms with Gasteiger partial charge in [0, 0.05) is 50.6 Å². The fraction of sp³-hybridized carbons (Fsp3) is 0.312. The van der Waals surface area contributed by atoms with Crippen LogP contribution in [0, 0.1) is 24.4 Å². The molecule has 0 radical (unpaired) electrons. The minimum Gasteiger partial charge on any atom is -0.399 e. The van der Waals surface area contributed by atoms with Crippen LogP contribution in [0.4, 0.5) is 18.9 Å². The van der Waals surface area contributed by atoms with Crippen molar-refractivity contribution in [3.8, 4) is 5.69 Å². The molecule has 0 atom stereocenters. The molecule has 1 aliphatic rings. The maximum Gasteiger partial charge on any atom is 0.276 e. The van der Waals surface area contributed by atoms with Crippen LogP contribution in [0.3, 0.4) is 0 Å². The molecule has 5 rings (SSSR count). The van der Waals surface area contributed by atoms with Gasteiger partial charge in [-0.3, -0.25) is 19.2 Å². The molecule has 42 heavy (non-hydrogen) atoms. The molecule has 1 saturated heterocycles. The molecule has 0 spiro atoms. The number of benzene rings is 3. The van der Waals surface area contributed by atoms with Crippen molar-refractivity contribution in [3.05, 3.63) is 117 Å². The molecule has 2 N–H and O–H groups in total. The van der Waals surface area contributed by atoms with Crippen molar-refractivity contribution < 1.29 is 18.0 Å². The first-order valence-electron chi connectivity index (χ1n) is 14.0. The molecule has 4 aromatic rings. The van der Waals surface area contributed by atoms with Gasteiger partial charge < -0.3 is 10.6 Å². The molecule has 10 heteroatoms. The number of carbonyl (C=O) groups is 1. The number of hydrogen-bond acceptors (Lipinski definition) is 4. The number of carbonyl (C=O) groups excluding carboxylic acids is 1. The minimum absolute atomic E-state index is 0.0339. The van der Waals surface area contributed by atoms with Gasteiger partial charge in [-0.05, 0) is 80.3 Å². The van der Waals surface area contributed by atoms with Gasteiger partial charge in [0.15, 0.2) is 0 Å². The highest BCUT2D eigenvalue weighted by molar-refractivity contribution is 5.94. The Hall–Kier alpha value is -4.31. The number of anilines is 1. The zero-order chi connectivity index (χ0) is 30.0. The summed E-state index contributed by atoms with van der Waals surface area (Å²) in [4.78, 5) is 30.4. The van der Waals surface area contributed by atoms with Crippen molar-refractivity contribution in [3.63, 3.8) is 0 Å². The molecule has 1 amide bonds. The average Bonchev–Trinajstić information content (AvgIpc) is 3.19. The van der Waals surface area contributed by atoms with Crippen LogP contribution < -0.4 is 11.3 Å². The second-order valence-corrected chi connectivity index (χ2v) is 10.8. The smallest absolute Gasteiger partial charge is 0.276 e. The lowest BCUT2D eigenvalue weighted by molar-refractivity contribution is 0.0599. The van der Waals surface area contributed by atoms with Crippen LogP contribution in [0.1, 0.15) is 40.0 Å². The third-order valence-corrected chi connectivity index (χ3v) is 8.22. The SMILES string of the molecule is Cc1c(CN(CCc2ccc(N)cc2)C2CCN(C(=O)c3c(F)cccc3F)CC2)c(=O)n(-c2ccc(F)cc2)n1C. The van der Waals surface area contributed by atoms with E-state index in [-0.39, 0.29) is 17.4 Å². The van der Waals surface area contributed by atoms with E-state index in [1.165, 1.54) is 27.8 Å². The highest BCUT2D eigenvalue weighted by Gasteiger charge is 2.31. The number of hydrogen-bond donors (Lipinski definition) is 1. The van der Waals surface area contributed by atoms with Gasteiger partial charge in [0.25, 0.3) is 11.5 Å². The Balaban J connectivity index is 1.38. The van der Waals surface area contributed by atoms with E-state index < -0.39 is 23.1 Å². The fourth-order valence-corrected chi connectivity index (χ4v) is 5.66. The molecule has 7 nitrogen and oxygen atoms in total. The number of rotatable bonds is 8. The first-order chi connectivity index (χ1) is 20.1. The standard InChI is InChI=1S/C32H34F3N5O2/c1-21-27(31(41)40(37(21)2)26-12-8-23(33)9-13-26)20-39(17-14-22-6-10-24(36)11-7-22)25-15-18-38(19-16-25)32(42)30-28(34)4-3-5-29(30)35/h3-13,25H,14-20,36H2,1-2H3. The number of nitrogens with two attached hydrogens (primary N) is 1. The Morgan fingerprint density at radius 1 is 0.952 bits per heavy atom. The van der Waals surface area contributed by atoms with Gasteiger partial charge in [-0.25, -0.2) is 17.9 Å². The van der Waals surface area contributed by atoms with Crippen LogP contribution in [-0.4, -0.2) is 50.7 Å². The monoisotopic (exact) mass is 577 g/mol. The van der Waals surface area contributed by atoms with Crippen molar-refractivity contribution >= 4 is 11.6 Å². The number of halogens is 3. The van der Waals surface area contributed by atoms with Gasteiger partial charge in [-0.15, -0.1) is 0 Å². The summed E-state index contributed by atoms with van der Waals surface area (Å²) in [6.45, 7) is 3.59. The lowest BCUT2D eigenvalue weighted by Crippen LogP contribution is -2.47. The number of likely N-dealkylation sites (tertiary alicyclic amines) is 1. The van der Waals surface area contributed by atoms with Crippen molar-refractivity contribution in [1.82, 2.24) is 19.2 Å². The van der Waals surface area contributed by atoms with Crippen LogP contribution >= 0.6 is 0 Å². The topological polar surface area (TPSA) is 76.5 Å². The Bertz CT molecular complexity index is 1600. The van der Waals surface area contributed by atoms with E-state index in [0.29, 0.717) is 56.0 Å². The molecule has 220 valence electrons. The van der Waals surface area contributed by atoms with Crippen molar-refractivity contribution in [2.24, 2.45) is 7.05 Å². The second-order valence-electron chi connectivity index (χ2n) is 10.8. The lowest BCUT2D eigenvalue weighted by atomic mass is 10.00. The Morgan fingerprint density at radius 3 is 2.19 bits per heavy atom. The molecule has 0 saturated carbocycles. The molecule has 0 bridgehead atoms. The lowest BCUT2D eigenvalue weighted by Gasteiger charge is -2.38. The molecule has 1 fully saturated rings. The van der Waals surface area contributed by atoms with E-state index in [2.05, 4.69) is 4.90 Å². The van der Waals surface area contributed by atoms with E-state index in [1.807, 2.05) is 31.2 Å². The summed E-state index contributed by atoms with van der Waals surface area (Å²) >= 11 is 0. The zero-order valence-electron chi connectivity index (χ0n) is 23.7. The van der Waals surface area contributed by atoms with E-state index in [9.17, 15) is 22.8 Å². The molecule has 0 aliphatic carbocycles. The van der Waals surface area contributed by atoms with Crippen LogP contribution in [0.2, 0.25) is 0 Å². The minimum atomic E-state index is -0.871. The Labute approximate surface area is 242 Å². The highest BCUT2D eigenvalue weighted by atomic mass is 19.1. The molecular weight excluding hydrogens is 543 g/mol. The first-order valence-corrected chi connectivity index (χ1v) is 14.0. The van der Waals surface area contributed by atoms with E-state index in [0.717, 1.165) is 29.8 Å². The molecule has 2 heterocycles. The van der Waals surface area contributed by atoms with Gasteiger partial charge in [-0.2, -0.15) is 0 Å². The average molecular weight is 578 g/mol. The molecule has 1 aromatic heterocycles. The van der Waals surface area contributed by atoms with Crippen LogP contribution in [-0.2, 0) is 20.0 Å². The summed E-state index contributed by atoms with van der Waals surface area (Å²) in [7, 11) is 1.80. The number of amides is 1. The summed E-state index contributed by atoms with van der Waals surface area (Å²) in [5.41, 5.74) is 8.92. The van der Waals surface area contributed by atoms with Gasteiger partial charge in [0.1, 0.15) is 23.0 Å². The third-order valence-electron chi connectivity index (χ3n) is 8.22. The Kier molecular flexibility index (Phi) is 8.54. The molecule has 3 aromatic carbocycles. The van der Waals surface area contributed by atoms with Gasteiger partial charge in [0.2, 0.25) is 0 Å². The third kappa shape index (κ3) is 5.99. The summed E-state index contributed by atoms with van der Waals surface area (Å²) in [6, 6.07) is 16.9. The number of nitrogens with zero attached hydrogens (tertiary/aromatic N) is 4. The summed E-state index contributed by atoms with van der Waals surface area (Å²) in [6.07, 6.45) is 1.89. The second kappa shape index (κ2) is 12.3. The number of nitrogen functional groups attached to an aromatic ring is 1. The summed E-state index contributed by atoms with van der Waals surface area (Å²) in [5, 5.41) is 0. The number of aromatic nitrogens is 2. The zero-order valence-corrected chi connectivity index (χ0v) is 23.7. The highest BCUT2D eigenvalue weighted by Crippen LogP contribution is 2.24. The van der Waals surface area contributed by atoms with Crippen LogP contribution in [0.5, 0.6) is 0 Å². The predicted molar refractivity (Wildman–Crippen MR) is 156 cm³/mol. The maximum absolute atomic E-state index is 14.3. The van der Waals surface area contributed by atoms with Crippen molar-refractivity contribution in [2.45, 2.75) is 38.8 Å². The van der Waals surface area contributed by atoms with Crippen LogP contribution in [0.25, 0.3) is 5.69 Å². The van der Waals surface area contributed by atoms with Crippen molar-refractivity contribution in [2.75, 3.05) is 25.4 Å². The van der Waals surface area contributed by atoms with Crippen LogP contribution in [0.15, 0.2) is 71.5 Å². The summed E-state index contributed by atoms with van der Waals surface area (Å²) < 4.78 is 45.4. The molecule has 1 aliphatic heterocycles. The maximum atomic E-state index is 14.3. The first kappa shape index (κ1) is 29.2. The Morgan fingerprint density at radius 2 is 1.57 bits per heavy atom. The summed E-state index contributed by atoms with van der Waals surface area (Å²) in [5.74, 6) is -2.78.